The molecule has 0 atom stereocenters. The maximum atomic E-state index is 13.0. The topological polar surface area (TPSA) is 108 Å². The molecule has 35 heavy (non-hydrogen) atoms. The van der Waals surface area contributed by atoms with Gasteiger partial charge in [0.15, 0.2) is 0 Å². The lowest BCUT2D eigenvalue weighted by atomic mass is 9.78. The van der Waals surface area contributed by atoms with Crippen LogP contribution in [0.5, 0.6) is 11.5 Å². The summed E-state index contributed by atoms with van der Waals surface area (Å²) >= 11 is 0. The fourth-order valence-corrected chi connectivity index (χ4v) is 3.85. The largest absolute Gasteiger partial charge is 0.507 e. The molecule has 1 aliphatic rings. The number of nitrogens with one attached hydrogen (secondary N) is 2. The number of nitrogens with zero attached hydrogens (tertiary/aromatic N) is 1. The predicted molar refractivity (Wildman–Crippen MR) is 135 cm³/mol. The maximum absolute atomic E-state index is 13.0. The third kappa shape index (κ3) is 5.65. The Balaban J connectivity index is 1.88. The van der Waals surface area contributed by atoms with E-state index in [0.717, 1.165) is 16.0 Å². The lowest BCUT2D eigenvalue weighted by molar-refractivity contribution is -0.127. The molecule has 1 aliphatic heterocycles. The smallest absolute Gasteiger partial charge is 0.329 e. The number of anilines is 1. The molecule has 1 heterocycles. The fraction of sp³-hybridized carbons (Fsp3) is 0.370. The number of aromatic hydroxyl groups is 1. The van der Waals surface area contributed by atoms with E-state index in [-0.39, 0.29) is 22.3 Å². The Morgan fingerprint density at radius 2 is 1.63 bits per heavy atom. The van der Waals surface area contributed by atoms with E-state index < -0.39 is 24.4 Å². The minimum atomic E-state index is -0.678. The summed E-state index contributed by atoms with van der Waals surface area (Å²) in [7, 11) is 1.49. The molecule has 8 nitrogen and oxygen atoms in total. The van der Waals surface area contributed by atoms with Crippen molar-refractivity contribution in [2.75, 3.05) is 19.0 Å². The van der Waals surface area contributed by atoms with Crippen molar-refractivity contribution >= 4 is 29.6 Å². The Kier molecular flexibility index (Phi) is 6.96. The van der Waals surface area contributed by atoms with E-state index in [1.165, 1.54) is 7.11 Å². The number of hydrogen-bond acceptors (Lipinski definition) is 5. The molecule has 0 aliphatic carbocycles. The maximum Gasteiger partial charge on any atom is 0.329 e. The summed E-state index contributed by atoms with van der Waals surface area (Å²) in [5, 5.41) is 16.1. The van der Waals surface area contributed by atoms with E-state index in [1.807, 2.05) is 53.7 Å². The van der Waals surface area contributed by atoms with Crippen molar-refractivity contribution in [3.63, 3.8) is 0 Å². The molecule has 186 valence electrons. The average Bonchev–Trinajstić information content (AvgIpc) is 3.00. The second kappa shape index (κ2) is 9.44. The van der Waals surface area contributed by atoms with Gasteiger partial charge in [0.1, 0.15) is 23.7 Å². The minimum Gasteiger partial charge on any atom is -0.507 e. The van der Waals surface area contributed by atoms with Gasteiger partial charge in [-0.25, -0.2) is 9.69 Å². The van der Waals surface area contributed by atoms with Crippen molar-refractivity contribution < 1.29 is 24.2 Å². The van der Waals surface area contributed by atoms with Crippen molar-refractivity contribution in [2.45, 2.75) is 52.4 Å². The zero-order chi connectivity index (χ0) is 26.1. The van der Waals surface area contributed by atoms with Crippen LogP contribution in [0.3, 0.4) is 0 Å². The first-order valence-corrected chi connectivity index (χ1v) is 11.4. The van der Waals surface area contributed by atoms with E-state index in [9.17, 15) is 19.5 Å². The molecule has 1 saturated heterocycles. The van der Waals surface area contributed by atoms with Crippen LogP contribution in [0.1, 0.15) is 58.2 Å². The highest BCUT2D eigenvalue weighted by atomic mass is 16.5. The van der Waals surface area contributed by atoms with Gasteiger partial charge in [-0.2, -0.15) is 0 Å². The average molecular weight is 480 g/mol. The summed E-state index contributed by atoms with van der Waals surface area (Å²) in [6.45, 7) is 11.5. The number of carbonyl (C=O) groups excluding carboxylic acids is 3. The molecular weight excluding hydrogens is 446 g/mol. The summed E-state index contributed by atoms with van der Waals surface area (Å²) in [4.78, 5) is 38.9. The molecule has 0 unspecified atom stereocenters. The Morgan fingerprint density at radius 1 is 1.06 bits per heavy atom. The Bertz CT molecular complexity index is 1170. The number of carbonyl (C=O) groups is 3. The van der Waals surface area contributed by atoms with Crippen LogP contribution in [-0.2, 0) is 20.4 Å². The standard InChI is InChI=1S/C27H33N3O5/c1-26(2,3)17-12-16(13-18(23(17)32)27(4,5)6)14-20-24(33)30(25(34)29-20)15-22(31)28-19-10-8-9-11-21(19)35-7/h8-14,32H,15H2,1-7H3,(H,28,31)(H,29,34)/b20-14+. The van der Waals surface area contributed by atoms with Crippen LogP contribution in [0.4, 0.5) is 10.5 Å². The van der Waals surface area contributed by atoms with Gasteiger partial charge in [0.2, 0.25) is 5.91 Å². The number of phenols is 1. The van der Waals surface area contributed by atoms with Crippen molar-refractivity contribution in [3.8, 4) is 11.5 Å². The molecule has 3 rings (SSSR count). The van der Waals surface area contributed by atoms with Gasteiger partial charge in [0, 0.05) is 11.1 Å². The number of amides is 4. The van der Waals surface area contributed by atoms with Gasteiger partial charge in [0.25, 0.3) is 5.91 Å². The van der Waals surface area contributed by atoms with Gasteiger partial charge >= 0.3 is 6.03 Å². The lowest BCUT2D eigenvalue weighted by Gasteiger charge is -2.28. The summed E-state index contributed by atoms with van der Waals surface area (Å²) in [5.74, 6) is -0.444. The normalized spacial score (nSPS) is 15.4. The molecule has 3 N–H and O–H groups in total. The minimum absolute atomic E-state index is 0.0606. The fourth-order valence-electron chi connectivity index (χ4n) is 3.85. The number of imide groups is 1. The number of ether oxygens (including phenoxy) is 1. The second-order valence-corrected chi connectivity index (χ2v) is 10.6. The summed E-state index contributed by atoms with van der Waals surface area (Å²) < 4.78 is 5.22. The monoisotopic (exact) mass is 479 g/mol. The molecule has 8 heteroatoms. The zero-order valence-electron chi connectivity index (χ0n) is 21.3. The molecule has 0 spiro atoms. The number of methoxy groups -OCH3 is 1. The van der Waals surface area contributed by atoms with Crippen LogP contribution in [0.15, 0.2) is 42.1 Å². The summed E-state index contributed by atoms with van der Waals surface area (Å²) in [6, 6.07) is 9.81. The van der Waals surface area contributed by atoms with E-state index in [4.69, 9.17) is 4.74 Å². The Labute approximate surface area is 206 Å². The molecular formula is C27H33N3O5. The molecule has 0 saturated carbocycles. The highest BCUT2D eigenvalue weighted by molar-refractivity contribution is 6.16. The first-order chi connectivity index (χ1) is 16.2. The van der Waals surface area contributed by atoms with Crippen molar-refractivity contribution in [3.05, 3.63) is 58.8 Å². The van der Waals surface area contributed by atoms with E-state index in [2.05, 4.69) is 10.6 Å². The molecule has 1 fully saturated rings. The van der Waals surface area contributed by atoms with Crippen molar-refractivity contribution in [1.29, 1.82) is 0 Å². The van der Waals surface area contributed by atoms with Gasteiger partial charge in [-0.05, 0) is 46.7 Å². The molecule has 0 radical (unpaired) electrons. The predicted octanol–water partition coefficient (Wildman–Crippen LogP) is 4.53. The Morgan fingerprint density at radius 3 is 2.17 bits per heavy atom. The van der Waals surface area contributed by atoms with Crippen LogP contribution >= 0.6 is 0 Å². The van der Waals surface area contributed by atoms with Crippen LogP contribution in [0.2, 0.25) is 0 Å². The third-order valence-electron chi connectivity index (χ3n) is 5.70. The van der Waals surface area contributed by atoms with Crippen LogP contribution in [0, 0.1) is 0 Å². The van der Waals surface area contributed by atoms with Gasteiger partial charge in [-0.1, -0.05) is 53.7 Å². The molecule has 4 amide bonds. The second-order valence-electron chi connectivity index (χ2n) is 10.6. The number of hydrogen-bond donors (Lipinski definition) is 3. The van der Waals surface area contributed by atoms with E-state index in [1.54, 1.807) is 30.3 Å². The first kappa shape index (κ1) is 25.8. The highest BCUT2D eigenvalue weighted by Gasteiger charge is 2.35. The number of para-hydroxylation sites is 2. The molecule has 2 aromatic rings. The third-order valence-corrected chi connectivity index (χ3v) is 5.70. The molecule has 2 aromatic carbocycles. The highest BCUT2D eigenvalue weighted by Crippen LogP contribution is 2.40. The van der Waals surface area contributed by atoms with Crippen molar-refractivity contribution in [2.24, 2.45) is 0 Å². The van der Waals surface area contributed by atoms with Crippen molar-refractivity contribution in [1.82, 2.24) is 10.2 Å². The number of benzene rings is 2. The van der Waals surface area contributed by atoms with Crippen LogP contribution in [-0.4, -0.2) is 41.5 Å². The van der Waals surface area contributed by atoms with Gasteiger partial charge in [-0.3, -0.25) is 9.59 Å². The quantitative estimate of drug-likeness (QED) is 0.431. The van der Waals surface area contributed by atoms with Crippen LogP contribution < -0.4 is 15.4 Å². The Hall–Kier alpha value is -3.81. The number of phenolic OH excluding ortho intramolecular Hbond substituents is 1. The first-order valence-electron chi connectivity index (χ1n) is 11.4. The molecule has 0 aromatic heterocycles. The summed E-state index contributed by atoms with van der Waals surface area (Å²) in [5.41, 5.74) is 1.96. The molecule has 0 bridgehead atoms. The summed E-state index contributed by atoms with van der Waals surface area (Å²) in [6.07, 6.45) is 1.57. The number of urea groups is 1. The number of rotatable bonds is 5. The van der Waals surface area contributed by atoms with Gasteiger partial charge < -0.3 is 20.5 Å². The zero-order valence-corrected chi connectivity index (χ0v) is 21.3. The lowest BCUT2D eigenvalue weighted by Crippen LogP contribution is -2.38. The van der Waals surface area contributed by atoms with Crippen LogP contribution in [0.25, 0.3) is 6.08 Å². The van der Waals surface area contributed by atoms with Gasteiger partial charge in [0.05, 0.1) is 12.8 Å². The SMILES string of the molecule is COc1ccccc1NC(=O)CN1C(=O)N/C(=C/c2cc(C(C)(C)C)c(O)c(C(C)(C)C)c2)C1=O. The van der Waals surface area contributed by atoms with Gasteiger partial charge in [-0.15, -0.1) is 0 Å². The van der Waals surface area contributed by atoms with E-state index in [0.29, 0.717) is 17.0 Å². The van der Waals surface area contributed by atoms with E-state index >= 15 is 0 Å².